The van der Waals surface area contributed by atoms with Gasteiger partial charge in [-0.3, -0.25) is 4.79 Å². The second-order valence-corrected chi connectivity index (χ2v) is 6.26. The van der Waals surface area contributed by atoms with Crippen LogP contribution in [0.1, 0.15) is 28.2 Å². The highest BCUT2D eigenvalue weighted by molar-refractivity contribution is 5.97. The molecular formula is C18H18F3N3O3. The zero-order valence-electron chi connectivity index (χ0n) is 14.8. The molecule has 3 rings (SSSR count). The predicted octanol–water partition coefficient (Wildman–Crippen LogP) is 3.29. The molecule has 1 aliphatic rings. The summed E-state index contributed by atoms with van der Waals surface area (Å²) in [5.74, 6) is -1.06. The number of amides is 1. The Balaban J connectivity index is 1.69. The molecule has 0 aliphatic carbocycles. The van der Waals surface area contributed by atoms with Crippen LogP contribution in [0.5, 0.6) is 11.8 Å². The number of nitrogens with zero attached hydrogens (tertiary/aromatic N) is 3. The van der Waals surface area contributed by atoms with Gasteiger partial charge in [-0.2, -0.15) is 0 Å². The van der Waals surface area contributed by atoms with E-state index in [1.807, 2.05) is 19.9 Å². The van der Waals surface area contributed by atoms with Crippen LogP contribution in [0.3, 0.4) is 0 Å². The molecule has 0 saturated carbocycles. The Labute approximate surface area is 153 Å². The summed E-state index contributed by atoms with van der Waals surface area (Å²) in [5, 5.41) is 0. The Hall–Kier alpha value is -2.84. The Morgan fingerprint density at radius 3 is 2.52 bits per heavy atom. The molecule has 1 saturated heterocycles. The maximum atomic E-state index is 12.7. The molecule has 0 N–H and O–H groups in total. The number of para-hydroxylation sites is 1. The van der Waals surface area contributed by atoms with E-state index >= 15 is 0 Å². The second-order valence-electron chi connectivity index (χ2n) is 6.26. The van der Waals surface area contributed by atoms with Crippen molar-refractivity contribution >= 4 is 5.91 Å². The van der Waals surface area contributed by atoms with Crippen LogP contribution in [0.25, 0.3) is 0 Å². The quantitative estimate of drug-likeness (QED) is 0.813. The van der Waals surface area contributed by atoms with Crippen LogP contribution in [-0.4, -0.2) is 46.3 Å². The number of hydrogen-bond acceptors (Lipinski definition) is 5. The average molecular weight is 381 g/mol. The molecule has 0 spiro atoms. The van der Waals surface area contributed by atoms with Gasteiger partial charge in [-0.15, -0.1) is 13.2 Å². The van der Waals surface area contributed by atoms with Gasteiger partial charge in [0.15, 0.2) is 0 Å². The van der Waals surface area contributed by atoms with Crippen molar-refractivity contribution in [2.45, 2.75) is 32.7 Å². The molecule has 0 bridgehead atoms. The van der Waals surface area contributed by atoms with E-state index in [4.69, 9.17) is 4.74 Å². The van der Waals surface area contributed by atoms with Gasteiger partial charge in [-0.05, 0) is 32.0 Å². The fourth-order valence-electron chi connectivity index (χ4n) is 2.93. The number of hydrogen-bond donors (Lipinski definition) is 0. The van der Waals surface area contributed by atoms with Crippen LogP contribution in [0, 0.1) is 13.8 Å². The fourth-order valence-corrected chi connectivity index (χ4v) is 2.93. The molecule has 6 nitrogen and oxygen atoms in total. The van der Waals surface area contributed by atoms with Crippen LogP contribution < -0.4 is 9.47 Å². The first-order valence-electron chi connectivity index (χ1n) is 8.34. The topological polar surface area (TPSA) is 64.5 Å². The molecule has 1 aromatic heterocycles. The van der Waals surface area contributed by atoms with Gasteiger partial charge in [0.2, 0.25) is 0 Å². The Kier molecular flexibility index (Phi) is 5.20. The minimum Gasteiger partial charge on any atom is -0.458 e. The summed E-state index contributed by atoms with van der Waals surface area (Å²) in [6.07, 6.45) is -4.66. The van der Waals surface area contributed by atoms with Gasteiger partial charge in [0.05, 0.1) is 12.1 Å². The lowest BCUT2D eigenvalue weighted by atomic mass is 10.2. The second kappa shape index (κ2) is 7.42. The van der Waals surface area contributed by atoms with Crippen molar-refractivity contribution in [1.82, 2.24) is 14.9 Å². The smallest absolute Gasteiger partial charge is 0.458 e. The van der Waals surface area contributed by atoms with Crippen molar-refractivity contribution in [3.63, 3.8) is 0 Å². The van der Waals surface area contributed by atoms with E-state index < -0.39 is 18.0 Å². The number of carbonyl (C=O) groups excluding carboxylic acids is 1. The van der Waals surface area contributed by atoms with Crippen LogP contribution >= 0.6 is 0 Å². The lowest BCUT2D eigenvalue weighted by Crippen LogP contribution is -2.32. The summed E-state index contributed by atoms with van der Waals surface area (Å²) in [7, 11) is 0. The zero-order chi connectivity index (χ0) is 19.6. The van der Waals surface area contributed by atoms with E-state index in [9.17, 15) is 18.0 Å². The third-order valence-electron chi connectivity index (χ3n) is 4.01. The molecular weight excluding hydrogens is 363 g/mol. The lowest BCUT2D eigenvalue weighted by Gasteiger charge is -2.19. The molecule has 1 aromatic carbocycles. The first-order chi connectivity index (χ1) is 12.7. The molecule has 9 heteroatoms. The van der Waals surface area contributed by atoms with Crippen molar-refractivity contribution in [2.24, 2.45) is 0 Å². The van der Waals surface area contributed by atoms with Gasteiger partial charge in [0.25, 0.3) is 5.91 Å². The SMILES string of the molecule is Cc1cc(C)nc(OC2CCN(C(=O)c3ccccc3OC(F)(F)F)C2)n1. The van der Waals surface area contributed by atoms with Crippen LogP contribution in [-0.2, 0) is 0 Å². The fraction of sp³-hybridized carbons (Fsp3) is 0.389. The first kappa shape index (κ1) is 18.9. The molecule has 0 radical (unpaired) electrons. The van der Waals surface area contributed by atoms with Crippen molar-refractivity contribution in [3.8, 4) is 11.8 Å². The molecule has 1 unspecified atom stereocenters. The number of benzene rings is 1. The van der Waals surface area contributed by atoms with E-state index in [0.717, 1.165) is 17.5 Å². The van der Waals surface area contributed by atoms with Crippen LogP contribution in [0.15, 0.2) is 30.3 Å². The number of halogens is 3. The number of ether oxygens (including phenoxy) is 2. The summed E-state index contributed by atoms with van der Waals surface area (Å²) < 4.78 is 47.4. The molecule has 2 heterocycles. The standard InChI is InChI=1S/C18H18F3N3O3/c1-11-9-12(2)23-17(22-11)26-13-7-8-24(10-13)16(25)14-5-3-4-6-15(14)27-18(19,20)21/h3-6,9,13H,7-8,10H2,1-2H3. The summed E-state index contributed by atoms with van der Waals surface area (Å²) in [5.41, 5.74) is 1.39. The minimum atomic E-state index is -4.87. The molecule has 144 valence electrons. The average Bonchev–Trinajstić information content (AvgIpc) is 3.00. The van der Waals surface area contributed by atoms with E-state index in [-0.39, 0.29) is 24.2 Å². The van der Waals surface area contributed by atoms with Gasteiger partial charge in [-0.1, -0.05) is 12.1 Å². The van der Waals surface area contributed by atoms with Crippen LogP contribution in [0.2, 0.25) is 0 Å². The largest absolute Gasteiger partial charge is 0.573 e. The van der Waals surface area contributed by atoms with E-state index in [1.165, 1.54) is 23.1 Å². The summed E-state index contributed by atoms with van der Waals surface area (Å²) in [4.78, 5) is 22.5. The van der Waals surface area contributed by atoms with Gasteiger partial charge in [-0.25, -0.2) is 9.97 Å². The lowest BCUT2D eigenvalue weighted by molar-refractivity contribution is -0.274. The number of alkyl halides is 3. The summed E-state index contributed by atoms with van der Waals surface area (Å²) >= 11 is 0. The molecule has 1 amide bonds. The van der Waals surface area contributed by atoms with Gasteiger partial charge >= 0.3 is 12.4 Å². The van der Waals surface area contributed by atoms with Crippen molar-refractivity contribution in [2.75, 3.05) is 13.1 Å². The highest BCUT2D eigenvalue weighted by Gasteiger charge is 2.35. The van der Waals surface area contributed by atoms with Crippen LogP contribution in [0.4, 0.5) is 13.2 Å². The maximum Gasteiger partial charge on any atom is 0.573 e. The number of rotatable bonds is 4. The highest BCUT2D eigenvalue weighted by atomic mass is 19.4. The minimum absolute atomic E-state index is 0.141. The zero-order valence-corrected chi connectivity index (χ0v) is 14.8. The highest BCUT2D eigenvalue weighted by Crippen LogP contribution is 2.28. The Morgan fingerprint density at radius 1 is 1.19 bits per heavy atom. The molecule has 1 aliphatic heterocycles. The van der Waals surface area contributed by atoms with Gasteiger partial charge in [0.1, 0.15) is 11.9 Å². The normalized spacial score (nSPS) is 17.1. The number of aryl methyl sites for hydroxylation is 2. The summed E-state index contributed by atoms with van der Waals surface area (Å²) in [6.45, 7) is 4.23. The van der Waals surface area contributed by atoms with Crippen molar-refractivity contribution in [1.29, 1.82) is 0 Å². The predicted molar refractivity (Wildman–Crippen MR) is 89.6 cm³/mol. The van der Waals surface area contributed by atoms with Gasteiger partial charge < -0.3 is 14.4 Å². The Morgan fingerprint density at radius 2 is 1.85 bits per heavy atom. The maximum absolute atomic E-state index is 12.7. The third-order valence-corrected chi connectivity index (χ3v) is 4.01. The van der Waals surface area contributed by atoms with E-state index in [0.29, 0.717) is 13.0 Å². The molecule has 27 heavy (non-hydrogen) atoms. The monoisotopic (exact) mass is 381 g/mol. The summed E-state index contributed by atoms with van der Waals surface area (Å²) in [6, 6.07) is 7.34. The number of carbonyl (C=O) groups is 1. The third kappa shape index (κ3) is 4.87. The van der Waals surface area contributed by atoms with E-state index in [1.54, 1.807) is 0 Å². The number of aromatic nitrogens is 2. The number of likely N-dealkylation sites (tertiary alicyclic amines) is 1. The van der Waals surface area contributed by atoms with Crippen molar-refractivity contribution < 1.29 is 27.4 Å². The van der Waals surface area contributed by atoms with Gasteiger partial charge in [0, 0.05) is 24.4 Å². The Bertz CT molecular complexity index is 822. The van der Waals surface area contributed by atoms with E-state index in [2.05, 4.69) is 14.7 Å². The molecule has 1 atom stereocenters. The van der Waals surface area contributed by atoms with Crippen molar-refractivity contribution in [3.05, 3.63) is 47.3 Å². The molecule has 2 aromatic rings. The molecule has 1 fully saturated rings. The first-order valence-corrected chi connectivity index (χ1v) is 8.34.